The molecule has 1 aliphatic carbocycles. The summed E-state index contributed by atoms with van der Waals surface area (Å²) >= 11 is 0. The van der Waals surface area contributed by atoms with Gasteiger partial charge in [0, 0.05) is 24.2 Å². The Labute approximate surface area is 281 Å². The van der Waals surface area contributed by atoms with E-state index in [1.807, 2.05) is 0 Å². The Morgan fingerprint density at radius 1 is 1.04 bits per heavy atom. The van der Waals surface area contributed by atoms with Gasteiger partial charge in [-0.15, -0.1) is 0 Å². The van der Waals surface area contributed by atoms with E-state index in [0.29, 0.717) is 37.3 Å². The smallest absolute Gasteiger partial charge is 0.416 e. The monoisotopic (exact) mass is 675 g/mol. The highest BCUT2D eigenvalue weighted by molar-refractivity contribution is 6.46. The molecule has 2 aromatic rings. The molecule has 264 valence electrons. The van der Waals surface area contributed by atoms with Crippen molar-refractivity contribution in [3.63, 3.8) is 0 Å². The highest BCUT2D eigenvalue weighted by atomic mass is 19.4. The number of aliphatic hydroxyl groups is 1. The lowest BCUT2D eigenvalue weighted by atomic mass is 9.69. The summed E-state index contributed by atoms with van der Waals surface area (Å²) in [5.41, 5.74) is -0.00554. The summed E-state index contributed by atoms with van der Waals surface area (Å²) in [5, 5.41) is 19.7. The molecule has 1 saturated carbocycles. The lowest BCUT2D eigenvalue weighted by Gasteiger charge is -2.45. The number of nitrogens with one attached hydrogen (secondary N) is 1. The number of likely N-dealkylation sites (N-methyl/N-ethyl adjacent to an activating group) is 1. The van der Waals surface area contributed by atoms with Gasteiger partial charge in [0.1, 0.15) is 17.9 Å². The first kappa shape index (κ1) is 38.7. The molecule has 2 aliphatic rings. The zero-order valence-corrected chi connectivity index (χ0v) is 28.9. The summed E-state index contributed by atoms with van der Waals surface area (Å²) < 4.78 is 41.1. The first-order valence-electron chi connectivity index (χ1n) is 16.4. The van der Waals surface area contributed by atoms with E-state index in [4.69, 9.17) is 15.2 Å². The van der Waals surface area contributed by atoms with Crippen molar-refractivity contribution in [2.45, 2.75) is 71.1 Å². The van der Waals surface area contributed by atoms with Crippen molar-refractivity contribution in [1.29, 1.82) is 0 Å². The molecular formula is C36H50F3N4O5+. The largest absolute Gasteiger partial charge is 0.481 e. The van der Waals surface area contributed by atoms with Crippen molar-refractivity contribution < 1.29 is 42.3 Å². The SMILES string of the molecule is CC(C)(C)C1CCC2(CC1)N=C(c1cccc(C(F)(F)F)c1)C(=O)N2CCc1ccc(C(=O)NCCC(=O)O)cc1.C[N+](C)(C)CCO. The summed E-state index contributed by atoms with van der Waals surface area (Å²) in [6.07, 6.45) is -1.23. The highest BCUT2D eigenvalue weighted by Gasteiger charge is 2.50. The maximum Gasteiger partial charge on any atom is 0.416 e. The van der Waals surface area contributed by atoms with Gasteiger partial charge in [0.05, 0.1) is 39.7 Å². The molecule has 2 amide bonds. The van der Waals surface area contributed by atoms with E-state index in [1.165, 1.54) is 12.1 Å². The van der Waals surface area contributed by atoms with Crippen LogP contribution in [0.1, 0.15) is 79.9 Å². The van der Waals surface area contributed by atoms with Crippen LogP contribution in [0.25, 0.3) is 0 Å². The second-order valence-electron chi connectivity index (χ2n) is 14.7. The van der Waals surface area contributed by atoms with Gasteiger partial charge in [-0.3, -0.25) is 19.4 Å². The third-order valence-electron chi connectivity index (χ3n) is 8.98. The fourth-order valence-electron chi connectivity index (χ4n) is 6.05. The first-order valence-corrected chi connectivity index (χ1v) is 16.4. The standard InChI is InChI=1S/C31H36F3N3O4.C5H14NO/c1-29(2,3)23-11-15-30(16-12-23)36-26(22-5-4-6-24(19-22)31(32,33)34)28(41)37(30)18-14-20-7-9-21(10-8-20)27(40)35-17-13-25(38)39;1-6(2,3)4-5-7/h4-10,19,23H,11-18H2,1-3H3,(H,35,40)(H,38,39);7H,4-5H2,1-3H3/q;+1. The number of benzene rings is 2. The minimum Gasteiger partial charge on any atom is -0.481 e. The second-order valence-corrected chi connectivity index (χ2v) is 14.7. The molecule has 1 fully saturated rings. The summed E-state index contributed by atoms with van der Waals surface area (Å²) in [5.74, 6) is -1.29. The molecule has 0 aromatic heterocycles. The molecule has 0 saturated heterocycles. The number of carbonyl (C=O) groups excluding carboxylic acids is 2. The van der Waals surface area contributed by atoms with Crippen LogP contribution in [0, 0.1) is 11.3 Å². The molecule has 9 nitrogen and oxygen atoms in total. The fraction of sp³-hybridized carbons (Fsp3) is 0.556. The number of carbonyl (C=O) groups is 3. The van der Waals surface area contributed by atoms with Crippen molar-refractivity contribution in [3.05, 3.63) is 70.8 Å². The third kappa shape index (κ3) is 10.6. The number of hydrogen-bond acceptors (Lipinski definition) is 5. The van der Waals surface area contributed by atoms with Crippen LogP contribution in [0.15, 0.2) is 53.5 Å². The Morgan fingerprint density at radius 3 is 2.17 bits per heavy atom. The molecule has 4 rings (SSSR count). The summed E-state index contributed by atoms with van der Waals surface area (Å²) in [7, 11) is 6.16. The van der Waals surface area contributed by atoms with Crippen LogP contribution in [0.5, 0.6) is 0 Å². The Hall–Kier alpha value is -3.77. The van der Waals surface area contributed by atoms with Crippen molar-refractivity contribution in [2.75, 3.05) is 47.4 Å². The van der Waals surface area contributed by atoms with E-state index in [2.05, 4.69) is 47.2 Å². The number of rotatable bonds is 10. The van der Waals surface area contributed by atoms with E-state index >= 15 is 0 Å². The number of alkyl halides is 3. The van der Waals surface area contributed by atoms with Gasteiger partial charge in [0.2, 0.25) is 0 Å². The number of aliphatic carboxylic acids is 1. The van der Waals surface area contributed by atoms with Crippen LogP contribution in [0.4, 0.5) is 13.2 Å². The summed E-state index contributed by atoms with van der Waals surface area (Å²) in [6.45, 7) is 8.06. The van der Waals surface area contributed by atoms with Gasteiger partial charge in [-0.2, -0.15) is 13.2 Å². The summed E-state index contributed by atoms with van der Waals surface area (Å²) in [6, 6.07) is 11.6. The highest BCUT2D eigenvalue weighted by Crippen LogP contribution is 2.46. The van der Waals surface area contributed by atoms with Crippen LogP contribution >= 0.6 is 0 Å². The number of amides is 2. The Bertz CT molecular complexity index is 1450. The van der Waals surface area contributed by atoms with E-state index < -0.39 is 23.4 Å². The average molecular weight is 676 g/mol. The lowest BCUT2D eigenvalue weighted by Crippen LogP contribution is -2.50. The van der Waals surface area contributed by atoms with E-state index in [-0.39, 0.29) is 48.1 Å². The number of quaternary nitrogens is 1. The van der Waals surface area contributed by atoms with Crippen molar-refractivity contribution in [1.82, 2.24) is 10.2 Å². The van der Waals surface area contributed by atoms with Crippen molar-refractivity contribution in [2.24, 2.45) is 16.3 Å². The van der Waals surface area contributed by atoms with Gasteiger partial charge in [0.25, 0.3) is 11.8 Å². The van der Waals surface area contributed by atoms with Gasteiger partial charge in [-0.1, -0.05) is 45.0 Å². The van der Waals surface area contributed by atoms with Crippen LogP contribution in [-0.2, 0) is 22.2 Å². The Balaban J connectivity index is 0.000000804. The molecular weight excluding hydrogens is 625 g/mol. The maximum atomic E-state index is 13.8. The van der Waals surface area contributed by atoms with Gasteiger partial charge >= 0.3 is 12.1 Å². The van der Waals surface area contributed by atoms with Crippen LogP contribution in [0.3, 0.4) is 0 Å². The van der Waals surface area contributed by atoms with Crippen LogP contribution < -0.4 is 5.32 Å². The van der Waals surface area contributed by atoms with Crippen LogP contribution in [0.2, 0.25) is 0 Å². The number of halogens is 3. The third-order valence-corrected chi connectivity index (χ3v) is 8.98. The zero-order valence-electron chi connectivity index (χ0n) is 28.9. The minimum absolute atomic E-state index is 0.0271. The van der Waals surface area contributed by atoms with Crippen molar-refractivity contribution >= 4 is 23.5 Å². The van der Waals surface area contributed by atoms with E-state index in [0.717, 1.165) is 41.6 Å². The molecule has 0 atom stereocenters. The zero-order chi connectivity index (χ0) is 35.9. The molecule has 12 heteroatoms. The Kier molecular flexibility index (Phi) is 12.6. The molecule has 1 heterocycles. The number of aliphatic imine (C=N–C) groups is 1. The average Bonchev–Trinajstić information content (AvgIpc) is 3.25. The number of hydrogen-bond donors (Lipinski definition) is 3. The molecule has 0 radical (unpaired) electrons. The molecule has 48 heavy (non-hydrogen) atoms. The van der Waals surface area contributed by atoms with Gasteiger partial charge in [-0.25, -0.2) is 0 Å². The van der Waals surface area contributed by atoms with Gasteiger partial charge in [0.15, 0.2) is 0 Å². The minimum atomic E-state index is -4.53. The van der Waals surface area contributed by atoms with E-state index in [9.17, 15) is 27.6 Å². The molecule has 3 N–H and O–H groups in total. The molecule has 2 aromatic carbocycles. The predicted octanol–water partition coefficient (Wildman–Crippen LogP) is 5.40. The second kappa shape index (κ2) is 15.6. The quantitative estimate of drug-likeness (QED) is 0.292. The predicted molar refractivity (Wildman–Crippen MR) is 179 cm³/mol. The number of carboxylic acids is 1. The number of carboxylic acid groups (broad SMARTS) is 1. The molecule has 1 aliphatic heterocycles. The maximum absolute atomic E-state index is 13.8. The molecule has 0 bridgehead atoms. The van der Waals surface area contributed by atoms with E-state index in [1.54, 1.807) is 29.2 Å². The fourth-order valence-corrected chi connectivity index (χ4v) is 6.05. The van der Waals surface area contributed by atoms with Crippen LogP contribution in [-0.4, -0.2) is 96.1 Å². The normalized spacial score (nSPS) is 19.9. The van der Waals surface area contributed by atoms with Gasteiger partial charge in [-0.05, 0) is 73.3 Å². The number of nitrogens with zero attached hydrogens (tertiary/aromatic N) is 3. The Morgan fingerprint density at radius 2 is 1.67 bits per heavy atom. The lowest BCUT2D eigenvalue weighted by molar-refractivity contribution is -0.870. The number of aliphatic hydroxyl groups excluding tert-OH is 1. The molecule has 0 unspecified atom stereocenters. The topological polar surface area (TPSA) is 119 Å². The van der Waals surface area contributed by atoms with Gasteiger partial charge < -0.3 is 24.9 Å². The summed E-state index contributed by atoms with van der Waals surface area (Å²) in [4.78, 5) is 43.3. The van der Waals surface area contributed by atoms with Crippen molar-refractivity contribution in [3.8, 4) is 0 Å². The molecule has 1 spiro atoms. The first-order chi connectivity index (χ1) is 22.3.